The topological polar surface area (TPSA) is 69.7 Å². The molecule has 0 aliphatic carbocycles. The van der Waals surface area contributed by atoms with Gasteiger partial charge in [-0.15, -0.1) is 11.3 Å². The fraction of sp³-hybridized carbons (Fsp3) is 0.208. The number of ketones is 1. The lowest BCUT2D eigenvalue weighted by Crippen LogP contribution is -2.51. The molecule has 6 nitrogen and oxygen atoms in total. The summed E-state index contributed by atoms with van der Waals surface area (Å²) in [6.45, 7) is 2.40. The molecule has 1 aromatic heterocycles. The van der Waals surface area contributed by atoms with Gasteiger partial charge in [0.05, 0.1) is 17.0 Å². The Morgan fingerprint density at radius 3 is 2.34 bits per heavy atom. The zero-order chi connectivity index (χ0) is 22.5. The van der Waals surface area contributed by atoms with Gasteiger partial charge in [-0.1, -0.05) is 41.9 Å². The molecule has 2 heterocycles. The second-order valence-electron chi connectivity index (χ2n) is 7.38. The Balaban J connectivity index is 1.33. The number of nitrogens with one attached hydrogen (secondary N) is 1. The van der Waals surface area contributed by atoms with Crippen LogP contribution < -0.4 is 10.2 Å². The second-order valence-corrected chi connectivity index (χ2v) is 8.77. The van der Waals surface area contributed by atoms with Gasteiger partial charge in [0.1, 0.15) is 0 Å². The van der Waals surface area contributed by atoms with Crippen molar-refractivity contribution in [2.75, 3.05) is 37.6 Å². The third-order valence-corrected chi connectivity index (χ3v) is 6.47. The highest BCUT2D eigenvalue weighted by atomic mass is 35.5. The smallest absolute Gasteiger partial charge is 0.252 e. The highest BCUT2D eigenvalue weighted by Crippen LogP contribution is 2.21. The van der Waals surface area contributed by atoms with Crippen molar-refractivity contribution in [2.24, 2.45) is 0 Å². The number of rotatable bonds is 6. The van der Waals surface area contributed by atoms with Gasteiger partial charge in [0.2, 0.25) is 11.7 Å². The number of anilines is 1. The average molecular weight is 468 g/mol. The lowest BCUT2D eigenvalue weighted by molar-refractivity contribution is -0.130. The summed E-state index contributed by atoms with van der Waals surface area (Å²) >= 11 is 7.40. The Bertz CT molecular complexity index is 1130. The van der Waals surface area contributed by atoms with E-state index < -0.39 is 5.91 Å². The minimum absolute atomic E-state index is 0.114. The van der Waals surface area contributed by atoms with Crippen LogP contribution in [0, 0.1) is 0 Å². The van der Waals surface area contributed by atoms with Crippen LogP contribution in [0.15, 0.2) is 66.0 Å². The van der Waals surface area contributed by atoms with Gasteiger partial charge < -0.3 is 15.1 Å². The Kier molecular flexibility index (Phi) is 6.87. The van der Waals surface area contributed by atoms with Crippen molar-refractivity contribution in [3.8, 4) is 0 Å². The molecule has 8 heteroatoms. The van der Waals surface area contributed by atoms with Crippen LogP contribution in [0.3, 0.4) is 0 Å². The molecule has 1 saturated heterocycles. The highest BCUT2D eigenvalue weighted by Gasteiger charge is 2.23. The maximum absolute atomic E-state index is 12.7. The van der Waals surface area contributed by atoms with E-state index in [1.54, 1.807) is 41.3 Å². The summed E-state index contributed by atoms with van der Waals surface area (Å²) < 4.78 is 0. The van der Waals surface area contributed by atoms with Crippen LogP contribution >= 0.6 is 22.9 Å². The SMILES string of the molecule is O=C(NCC(=O)N1CCN(c2cccc(Cl)c2)CC1)c1ccccc1C(=O)c1cccs1. The zero-order valence-corrected chi connectivity index (χ0v) is 18.9. The van der Waals surface area contributed by atoms with Crippen LogP contribution in [0.4, 0.5) is 5.69 Å². The van der Waals surface area contributed by atoms with Crippen molar-refractivity contribution in [2.45, 2.75) is 0 Å². The molecule has 3 aromatic rings. The van der Waals surface area contributed by atoms with Gasteiger partial charge in [-0.25, -0.2) is 0 Å². The van der Waals surface area contributed by atoms with Crippen molar-refractivity contribution in [1.82, 2.24) is 10.2 Å². The third kappa shape index (κ3) is 5.00. The molecule has 2 aromatic carbocycles. The predicted molar refractivity (Wildman–Crippen MR) is 127 cm³/mol. The summed E-state index contributed by atoms with van der Waals surface area (Å²) in [7, 11) is 0. The molecule has 1 N–H and O–H groups in total. The molecule has 1 aliphatic heterocycles. The summed E-state index contributed by atoms with van der Waals surface area (Å²) in [5.74, 6) is -0.781. The minimum atomic E-state index is -0.434. The molecule has 164 valence electrons. The Morgan fingerprint density at radius 2 is 1.66 bits per heavy atom. The van der Waals surface area contributed by atoms with Gasteiger partial charge in [0.15, 0.2) is 0 Å². The summed E-state index contributed by atoms with van der Waals surface area (Å²) in [5, 5.41) is 5.18. The fourth-order valence-electron chi connectivity index (χ4n) is 3.67. The first kappa shape index (κ1) is 22.0. The molecule has 0 atom stereocenters. The molecule has 0 bridgehead atoms. The van der Waals surface area contributed by atoms with Gasteiger partial charge in [-0.05, 0) is 35.7 Å². The van der Waals surface area contributed by atoms with E-state index in [2.05, 4.69) is 10.2 Å². The number of carbonyl (C=O) groups is 3. The minimum Gasteiger partial charge on any atom is -0.368 e. The molecule has 32 heavy (non-hydrogen) atoms. The normalized spacial score (nSPS) is 13.7. The van der Waals surface area contributed by atoms with Gasteiger partial charge >= 0.3 is 0 Å². The number of hydrogen-bond acceptors (Lipinski definition) is 5. The highest BCUT2D eigenvalue weighted by molar-refractivity contribution is 7.12. The molecular weight excluding hydrogens is 446 g/mol. The first-order valence-corrected chi connectivity index (χ1v) is 11.5. The number of benzene rings is 2. The zero-order valence-electron chi connectivity index (χ0n) is 17.3. The van der Waals surface area contributed by atoms with Gasteiger partial charge in [-0.2, -0.15) is 0 Å². The molecule has 0 spiro atoms. The Labute approximate surface area is 195 Å². The maximum atomic E-state index is 12.7. The summed E-state index contributed by atoms with van der Waals surface area (Å²) in [6.07, 6.45) is 0. The Morgan fingerprint density at radius 1 is 0.906 bits per heavy atom. The van der Waals surface area contributed by atoms with E-state index in [4.69, 9.17) is 11.6 Å². The van der Waals surface area contributed by atoms with Gasteiger partial charge in [0.25, 0.3) is 5.91 Å². The summed E-state index contributed by atoms with van der Waals surface area (Å²) in [4.78, 5) is 42.6. The lowest BCUT2D eigenvalue weighted by atomic mass is 10.0. The van der Waals surface area contributed by atoms with E-state index in [-0.39, 0.29) is 23.8 Å². The molecule has 1 fully saturated rings. The van der Waals surface area contributed by atoms with Crippen LogP contribution in [-0.4, -0.2) is 55.2 Å². The summed E-state index contributed by atoms with van der Waals surface area (Å²) in [5.41, 5.74) is 1.63. The molecule has 0 radical (unpaired) electrons. The van der Waals surface area contributed by atoms with Crippen molar-refractivity contribution in [3.63, 3.8) is 0 Å². The standard InChI is InChI=1S/C24H22ClN3O3S/c25-17-5-3-6-18(15-17)27-10-12-28(13-11-27)22(29)16-26-24(31)20-8-2-1-7-19(20)23(30)21-9-4-14-32-21/h1-9,14-15H,10-13,16H2,(H,26,31). The van der Waals surface area contributed by atoms with Crippen LogP contribution in [0.5, 0.6) is 0 Å². The number of amides is 2. The van der Waals surface area contributed by atoms with Crippen molar-refractivity contribution >= 4 is 46.2 Å². The number of nitrogens with zero attached hydrogens (tertiary/aromatic N) is 2. The van der Waals surface area contributed by atoms with Crippen molar-refractivity contribution in [3.05, 3.63) is 87.1 Å². The largest absolute Gasteiger partial charge is 0.368 e. The molecule has 0 unspecified atom stereocenters. The van der Waals surface area contributed by atoms with Crippen LogP contribution in [0.2, 0.25) is 5.02 Å². The molecule has 2 amide bonds. The number of carbonyl (C=O) groups excluding carboxylic acids is 3. The fourth-order valence-corrected chi connectivity index (χ4v) is 4.53. The monoisotopic (exact) mass is 467 g/mol. The van der Waals surface area contributed by atoms with E-state index in [0.717, 1.165) is 5.69 Å². The van der Waals surface area contributed by atoms with E-state index in [1.807, 2.05) is 29.6 Å². The quantitative estimate of drug-likeness (QED) is 0.561. The molecule has 1 aliphatic rings. The maximum Gasteiger partial charge on any atom is 0.252 e. The van der Waals surface area contributed by atoms with E-state index >= 15 is 0 Å². The van der Waals surface area contributed by atoms with Crippen molar-refractivity contribution < 1.29 is 14.4 Å². The van der Waals surface area contributed by atoms with Gasteiger partial charge in [-0.3, -0.25) is 14.4 Å². The molecular formula is C24H22ClN3O3S. The van der Waals surface area contributed by atoms with Crippen LogP contribution in [0.1, 0.15) is 25.6 Å². The van der Waals surface area contributed by atoms with Crippen molar-refractivity contribution in [1.29, 1.82) is 0 Å². The van der Waals surface area contributed by atoms with Crippen LogP contribution in [0.25, 0.3) is 0 Å². The van der Waals surface area contributed by atoms with Crippen LogP contribution in [-0.2, 0) is 4.79 Å². The van der Waals surface area contributed by atoms with E-state index in [0.29, 0.717) is 41.6 Å². The first-order chi connectivity index (χ1) is 15.5. The average Bonchev–Trinajstić information content (AvgIpc) is 3.37. The third-order valence-electron chi connectivity index (χ3n) is 5.37. The van der Waals surface area contributed by atoms with E-state index in [1.165, 1.54) is 11.3 Å². The number of hydrogen-bond donors (Lipinski definition) is 1. The second kappa shape index (κ2) is 9.97. The molecule has 4 rings (SSSR count). The first-order valence-electron chi connectivity index (χ1n) is 10.3. The number of thiophene rings is 1. The number of piperazine rings is 1. The summed E-state index contributed by atoms with van der Waals surface area (Å²) in [6, 6.07) is 17.8. The number of halogens is 1. The molecule has 0 saturated carbocycles. The lowest BCUT2D eigenvalue weighted by Gasteiger charge is -2.36. The van der Waals surface area contributed by atoms with Gasteiger partial charge in [0, 0.05) is 42.5 Å². The van der Waals surface area contributed by atoms with E-state index in [9.17, 15) is 14.4 Å². The Hall–Kier alpha value is -3.16. The predicted octanol–water partition coefficient (Wildman–Crippen LogP) is 3.71.